The number of hydrogen-bond acceptors (Lipinski definition) is 5. The number of benzene rings is 2. The average molecular weight is 493 g/mol. The van der Waals surface area contributed by atoms with Crippen molar-refractivity contribution < 1.29 is 32.2 Å². The molecule has 0 aliphatic rings. The van der Waals surface area contributed by atoms with Crippen LogP contribution in [-0.2, 0) is 28.7 Å². The first-order valence-electron chi connectivity index (χ1n) is 10.8. The Kier molecular flexibility index (Phi) is 8.25. The van der Waals surface area contributed by atoms with Gasteiger partial charge in [0.2, 0.25) is 0 Å². The van der Waals surface area contributed by atoms with E-state index in [0.717, 1.165) is 16.7 Å². The van der Waals surface area contributed by atoms with E-state index in [0.29, 0.717) is 47.0 Å². The summed E-state index contributed by atoms with van der Waals surface area (Å²) in [5.74, 6) is 0.877. The molecule has 0 aliphatic heterocycles. The molecule has 2 aromatic carbocycles. The van der Waals surface area contributed by atoms with Crippen molar-refractivity contribution in [3.8, 4) is 22.6 Å². The van der Waals surface area contributed by atoms with Crippen molar-refractivity contribution in [1.82, 2.24) is 0 Å². The third-order valence-electron chi connectivity index (χ3n) is 5.68. The second-order valence-corrected chi connectivity index (χ2v) is 8.63. The minimum absolute atomic E-state index is 0.103. The van der Waals surface area contributed by atoms with E-state index in [4.69, 9.17) is 14.2 Å². The Morgan fingerprint density at radius 1 is 1.03 bits per heavy atom. The zero-order valence-corrected chi connectivity index (χ0v) is 20.4. The molecule has 0 saturated heterocycles. The topological polar surface area (TPSA) is 44.8 Å². The maximum atomic E-state index is 13.7. The fourth-order valence-corrected chi connectivity index (χ4v) is 4.63. The third-order valence-corrected chi connectivity index (χ3v) is 6.74. The molecule has 0 atom stereocenters. The third kappa shape index (κ3) is 5.91. The van der Waals surface area contributed by atoms with E-state index in [1.54, 1.807) is 37.3 Å². The quantitative estimate of drug-likeness (QED) is 0.298. The van der Waals surface area contributed by atoms with Crippen molar-refractivity contribution in [3.05, 3.63) is 68.9 Å². The predicted octanol–water partition coefficient (Wildman–Crippen LogP) is 7.13. The summed E-state index contributed by atoms with van der Waals surface area (Å²) in [7, 11) is 1.53. The van der Waals surface area contributed by atoms with Gasteiger partial charge in [0.25, 0.3) is 0 Å². The zero-order chi connectivity index (χ0) is 24.9. The molecule has 8 heteroatoms. The Bertz CT molecular complexity index is 1130. The molecule has 4 nitrogen and oxygen atoms in total. The summed E-state index contributed by atoms with van der Waals surface area (Å²) >= 11 is 0.666. The van der Waals surface area contributed by atoms with Crippen LogP contribution in [0.2, 0.25) is 0 Å². The zero-order valence-electron chi connectivity index (χ0n) is 19.5. The van der Waals surface area contributed by atoms with Crippen LogP contribution in [0.25, 0.3) is 11.1 Å². The molecule has 0 unspecified atom stereocenters. The monoisotopic (exact) mass is 492 g/mol. The summed E-state index contributed by atoms with van der Waals surface area (Å²) in [6.07, 6.45) is -3.68. The molecule has 0 bridgehead atoms. The van der Waals surface area contributed by atoms with Crippen LogP contribution in [0.1, 0.15) is 40.5 Å². The Morgan fingerprint density at radius 2 is 1.74 bits per heavy atom. The van der Waals surface area contributed by atoms with Gasteiger partial charge in [0, 0.05) is 12.0 Å². The summed E-state index contributed by atoms with van der Waals surface area (Å²) in [5.41, 5.74) is 4.00. The lowest BCUT2D eigenvalue weighted by Gasteiger charge is -2.16. The number of carbonyl (C=O) groups is 1. The molecule has 0 aliphatic carbocycles. The van der Waals surface area contributed by atoms with E-state index >= 15 is 0 Å². The highest BCUT2D eigenvalue weighted by molar-refractivity contribution is 7.10. The van der Waals surface area contributed by atoms with Crippen molar-refractivity contribution in [2.75, 3.05) is 13.7 Å². The summed E-state index contributed by atoms with van der Waals surface area (Å²) in [6.45, 7) is 5.66. The predicted molar refractivity (Wildman–Crippen MR) is 127 cm³/mol. The standard InChI is InChI=1S/C26H27F3O4S/c1-5-32-24(30)13-9-18-8-12-23(17(3)16(18)2)33-14-21-22(15-34-25(21)26(27,28)29)19-6-10-20(31-4)11-7-19/h6-8,10-12,15H,5,9,13-14H2,1-4H3. The number of methoxy groups -OCH3 is 1. The van der Waals surface area contributed by atoms with Gasteiger partial charge in [-0.05, 0) is 78.6 Å². The van der Waals surface area contributed by atoms with E-state index in [2.05, 4.69) is 0 Å². The summed E-state index contributed by atoms with van der Waals surface area (Å²) in [6, 6.07) is 10.5. The SMILES string of the molecule is CCOC(=O)CCc1ccc(OCc2c(-c3ccc(OC)cc3)csc2C(F)(F)F)c(C)c1C. The molecule has 0 saturated carbocycles. The van der Waals surface area contributed by atoms with Gasteiger partial charge < -0.3 is 14.2 Å². The first kappa shape index (κ1) is 25.6. The van der Waals surface area contributed by atoms with Gasteiger partial charge in [-0.3, -0.25) is 4.79 Å². The minimum atomic E-state index is -4.48. The number of ether oxygens (including phenoxy) is 3. The van der Waals surface area contributed by atoms with Crippen molar-refractivity contribution in [3.63, 3.8) is 0 Å². The largest absolute Gasteiger partial charge is 0.497 e. The average Bonchev–Trinajstić information content (AvgIpc) is 3.24. The highest BCUT2D eigenvalue weighted by Crippen LogP contribution is 2.42. The van der Waals surface area contributed by atoms with Crippen LogP contribution in [0.4, 0.5) is 13.2 Å². The number of thiophene rings is 1. The van der Waals surface area contributed by atoms with Crippen LogP contribution in [0.3, 0.4) is 0 Å². The molecule has 1 heterocycles. The van der Waals surface area contributed by atoms with Crippen LogP contribution in [-0.4, -0.2) is 19.7 Å². The molecule has 0 fully saturated rings. The van der Waals surface area contributed by atoms with Crippen molar-refractivity contribution >= 4 is 17.3 Å². The Hall–Kier alpha value is -3.00. The van der Waals surface area contributed by atoms with Gasteiger partial charge in [0.1, 0.15) is 23.0 Å². The molecule has 0 N–H and O–H groups in total. The molecule has 0 spiro atoms. The molecule has 3 rings (SSSR count). The van der Waals surface area contributed by atoms with Crippen LogP contribution < -0.4 is 9.47 Å². The molecule has 0 radical (unpaired) electrons. The summed E-state index contributed by atoms with van der Waals surface area (Å²) < 4.78 is 57.2. The van der Waals surface area contributed by atoms with Crippen molar-refractivity contribution in [2.24, 2.45) is 0 Å². The Labute approximate surface area is 201 Å². The number of halogens is 3. The van der Waals surface area contributed by atoms with Crippen LogP contribution in [0.5, 0.6) is 11.5 Å². The molecule has 182 valence electrons. The molecule has 3 aromatic rings. The maximum absolute atomic E-state index is 13.7. The number of hydrogen-bond donors (Lipinski definition) is 0. The van der Waals surface area contributed by atoms with Gasteiger partial charge in [-0.1, -0.05) is 18.2 Å². The van der Waals surface area contributed by atoms with Crippen molar-refractivity contribution in [2.45, 2.75) is 46.4 Å². The van der Waals surface area contributed by atoms with Gasteiger partial charge in [-0.25, -0.2) is 0 Å². The lowest BCUT2D eigenvalue weighted by molar-refractivity contribution is -0.143. The number of aryl methyl sites for hydroxylation is 1. The highest BCUT2D eigenvalue weighted by atomic mass is 32.1. The molecule has 34 heavy (non-hydrogen) atoms. The van der Waals surface area contributed by atoms with Crippen LogP contribution >= 0.6 is 11.3 Å². The van der Waals surface area contributed by atoms with Gasteiger partial charge in [0.15, 0.2) is 0 Å². The number of carbonyl (C=O) groups excluding carboxylic acids is 1. The Balaban J connectivity index is 1.84. The normalized spacial score (nSPS) is 11.4. The van der Waals surface area contributed by atoms with E-state index < -0.39 is 11.1 Å². The molecular formula is C26H27F3O4S. The molecular weight excluding hydrogens is 465 g/mol. The lowest BCUT2D eigenvalue weighted by atomic mass is 9.98. The van der Waals surface area contributed by atoms with Gasteiger partial charge in [0.05, 0.1) is 13.7 Å². The van der Waals surface area contributed by atoms with Crippen LogP contribution in [0.15, 0.2) is 41.8 Å². The van der Waals surface area contributed by atoms with Gasteiger partial charge >= 0.3 is 12.1 Å². The fraction of sp³-hybridized carbons (Fsp3) is 0.346. The first-order valence-corrected chi connectivity index (χ1v) is 11.7. The highest BCUT2D eigenvalue weighted by Gasteiger charge is 2.37. The lowest BCUT2D eigenvalue weighted by Crippen LogP contribution is -2.09. The molecule has 0 amide bonds. The van der Waals surface area contributed by atoms with E-state index in [9.17, 15) is 18.0 Å². The van der Waals surface area contributed by atoms with Crippen LogP contribution in [0, 0.1) is 13.8 Å². The smallest absolute Gasteiger partial charge is 0.426 e. The second kappa shape index (κ2) is 11.0. The minimum Gasteiger partial charge on any atom is -0.497 e. The summed E-state index contributed by atoms with van der Waals surface area (Å²) in [5, 5.41) is 1.51. The number of rotatable bonds is 9. The number of alkyl halides is 3. The summed E-state index contributed by atoms with van der Waals surface area (Å²) in [4.78, 5) is 11.0. The molecule has 1 aromatic heterocycles. The Morgan fingerprint density at radius 3 is 2.35 bits per heavy atom. The van der Waals surface area contributed by atoms with E-state index in [1.165, 1.54) is 12.5 Å². The first-order chi connectivity index (χ1) is 16.2. The van der Waals surface area contributed by atoms with Gasteiger partial charge in [-0.15, -0.1) is 11.3 Å². The van der Waals surface area contributed by atoms with E-state index in [1.807, 2.05) is 19.9 Å². The van der Waals surface area contributed by atoms with E-state index in [-0.39, 0.29) is 24.6 Å². The fourth-order valence-electron chi connectivity index (χ4n) is 3.68. The second-order valence-electron chi connectivity index (χ2n) is 7.75. The van der Waals surface area contributed by atoms with Crippen molar-refractivity contribution in [1.29, 1.82) is 0 Å². The van der Waals surface area contributed by atoms with Gasteiger partial charge in [-0.2, -0.15) is 13.2 Å². The number of esters is 1. The maximum Gasteiger partial charge on any atom is 0.426 e.